The standard InChI is InChI=1S/C24H32O/c1-3-5-6-16-25-24-15-14-22-17-21(12-13-23(22)18-24)20-10-8-19(7-4-2)9-11-20/h10,12-15,17-19H,3-9,11,16H2,1-2H3. The monoisotopic (exact) mass is 336 g/mol. The number of benzene rings is 2. The molecule has 2 aromatic rings. The van der Waals surface area contributed by atoms with E-state index >= 15 is 0 Å². The summed E-state index contributed by atoms with van der Waals surface area (Å²) in [6, 6.07) is 13.4. The Balaban J connectivity index is 1.68. The van der Waals surface area contributed by atoms with Crippen molar-refractivity contribution in [2.75, 3.05) is 6.61 Å². The predicted molar refractivity (Wildman–Crippen MR) is 109 cm³/mol. The average Bonchev–Trinajstić information content (AvgIpc) is 2.66. The van der Waals surface area contributed by atoms with Crippen LogP contribution in [0.15, 0.2) is 42.5 Å². The van der Waals surface area contributed by atoms with Gasteiger partial charge in [0.05, 0.1) is 6.61 Å². The van der Waals surface area contributed by atoms with Gasteiger partial charge in [0.1, 0.15) is 5.75 Å². The van der Waals surface area contributed by atoms with E-state index in [1.165, 1.54) is 66.9 Å². The number of hydrogen-bond donors (Lipinski definition) is 0. The molecule has 2 aromatic carbocycles. The van der Waals surface area contributed by atoms with Gasteiger partial charge in [-0.1, -0.05) is 63.8 Å². The number of unbranched alkanes of at least 4 members (excludes halogenated alkanes) is 2. The molecule has 0 aliphatic heterocycles. The molecule has 0 spiro atoms. The summed E-state index contributed by atoms with van der Waals surface area (Å²) < 4.78 is 5.89. The van der Waals surface area contributed by atoms with Gasteiger partial charge in [-0.05, 0) is 71.7 Å². The molecular weight excluding hydrogens is 304 g/mol. The van der Waals surface area contributed by atoms with Crippen molar-refractivity contribution in [2.45, 2.75) is 65.2 Å². The van der Waals surface area contributed by atoms with Gasteiger partial charge in [-0.3, -0.25) is 0 Å². The molecule has 0 bridgehead atoms. The van der Waals surface area contributed by atoms with Gasteiger partial charge in [0.2, 0.25) is 0 Å². The molecule has 0 N–H and O–H groups in total. The van der Waals surface area contributed by atoms with E-state index in [0.717, 1.165) is 24.7 Å². The summed E-state index contributed by atoms with van der Waals surface area (Å²) in [5.41, 5.74) is 2.94. The lowest BCUT2D eigenvalue weighted by atomic mass is 9.84. The Labute approximate surface area is 153 Å². The molecule has 0 saturated heterocycles. The van der Waals surface area contributed by atoms with Crippen LogP contribution in [0.5, 0.6) is 5.75 Å². The fourth-order valence-corrected chi connectivity index (χ4v) is 3.88. The number of fused-ring (bicyclic) bond motifs is 1. The number of rotatable bonds is 8. The summed E-state index contributed by atoms with van der Waals surface area (Å²) in [4.78, 5) is 0. The molecule has 1 heteroatoms. The maximum absolute atomic E-state index is 5.89. The van der Waals surface area contributed by atoms with Crippen molar-refractivity contribution in [3.63, 3.8) is 0 Å². The van der Waals surface area contributed by atoms with Crippen molar-refractivity contribution in [2.24, 2.45) is 5.92 Å². The molecule has 25 heavy (non-hydrogen) atoms. The van der Waals surface area contributed by atoms with Crippen LogP contribution in [0.4, 0.5) is 0 Å². The summed E-state index contributed by atoms with van der Waals surface area (Å²) in [7, 11) is 0. The van der Waals surface area contributed by atoms with E-state index in [-0.39, 0.29) is 0 Å². The van der Waals surface area contributed by atoms with Crippen molar-refractivity contribution < 1.29 is 4.74 Å². The van der Waals surface area contributed by atoms with Gasteiger partial charge in [0, 0.05) is 0 Å². The molecule has 0 aromatic heterocycles. The highest BCUT2D eigenvalue weighted by atomic mass is 16.5. The molecule has 0 heterocycles. The maximum Gasteiger partial charge on any atom is 0.119 e. The average molecular weight is 337 g/mol. The van der Waals surface area contributed by atoms with Crippen molar-refractivity contribution >= 4 is 16.3 Å². The number of allylic oxidation sites excluding steroid dienone is 2. The molecule has 3 rings (SSSR count). The molecule has 0 fully saturated rings. The Kier molecular flexibility index (Phi) is 6.55. The molecular formula is C24H32O. The second-order valence-corrected chi connectivity index (χ2v) is 7.44. The van der Waals surface area contributed by atoms with Crippen molar-refractivity contribution in [1.82, 2.24) is 0 Å². The summed E-state index contributed by atoms with van der Waals surface area (Å²) in [5.74, 6) is 1.90. The molecule has 1 aliphatic rings. The molecule has 134 valence electrons. The van der Waals surface area contributed by atoms with Crippen molar-refractivity contribution in [3.05, 3.63) is 48.0 Å². The van der Waals surface area contributed by atoms with E-state index in [0.29, 0.717) is 0 Å². The third kappa shape index (κ3) is 4.87. The van der Waals surface area contributed by atoms with Crippen LogP contribution in [-0.2, 0) is 0 Å². The van der Waals surface area contributed by atoms with Crippen LogP contribution >= 0.6 is 0 Å². The van der Waals surface area contributed by atoms with Gasteiger partial charge >= 0.3 is 0 Å². The van der Waals surface area contributed by atoms with Gasteiger partial charge in [-0.2, -0.15) is 0 Å². The van der Waals surface area contributed by atoms with Crippen LogP contribution in [0.1, 0.15) is 70.8 Å². The lowest BCUT2D eigenvalue weighted by Gasteiger charge is -2.21. The summed E-state index contributed by atoms with van der Waals surface area (Å²) in [6.07, 6.45) is 12.6. The van der Waals surface area contributed by atoms with E-state index in [9.17, 15) is 0 Å². The summed E-state index contributed by atoms with van der Waals surface area (Å²) >= 11 is 0. The highest BCUT2D eigenvalue weighted by Gasteiger charge is 2.14. The Hall–Kier alpha value is -1.76. The molecule has 0 radical (unpaired) electrons. The zero-order valence-electron chi connectivity index (χ0n) is 15.9. The number of hydrogen-bond acceptors (Lipinski definition) is 1. The molecule has 0 amide bonds. The van der Waals surface area contributed by atoms with Crippen LogP contribution in [0.25, 0.3) is 16.3 Å². The Morgan fingerprint density at radius 1 is 0.960 bits per heavy atom. The normalized spacial score (nSPS) is 17.5. The zero-order chi connectivity index (χ0) is 17.5. The second-order valence-electron chi connectivity index (χ2n) is 7.44. The van der Waals surface area contributed by atoms with Crippen LogP contribution in [-0.4, -0.2) is 6.61 Å². The summed E-state index contributed by atoms with van der Waals surface area (Å²) in [6.45, 7) is 5.34. The molecule has 1 aliphatic carbocycles. The minimum absolute atomic E-state index is 0.823. The van der Waals surface area contributed by atoms with E-state index in [1.807, 2.05) is 0 Å². The maximum atomic E-state index is 5.89. The minimum atomic E-state index is 0.823. The quantitative estimate of drug-likeness (QED) is 0.456. The largest absolute Gasteiger partial charge is 0.494 e. The van der Waals surface area contributed by atoms with E-state index in [2.05, 4.69) is 56.3 Å². The Morgan fingerprint density at radius 3 is 2.56 bits per heavy atom. The lowest BCUT2D eigenvalue weighted by molar-refractivity contribution is 0.306. The molecule has 1 unspecified atom stereocenters. The van der Waals surface area contributed by atoms with Crippen LogP contribution in [0.2, 0.25) is 0 Å². The van der Waals surface area contributed by atoms with Crippen molar-refractivity contribution in [3.8, 4) is 5.75 Å². The predicted octanol–water partition coefficient (Wildman–Crippen LogP) is 7.39. The van der Waals surface area contributed by atoms with Gasteiger partial charge in [0.15, 0.2) is 0 Å². The minimum Gasteiger partial charge on any atom is -0.494 e. The topological polar surface area (TPSA) is 9.23 Å². The van der Waals surface area contributed by atoms with Crippen LogP contribution < -0.4 is 4.74 Å². The fraction of sp³-hybridized carbons (Fsp3) is 0.500. The van der Waals surface area contributed by atoms with Crippen LogP contribution in [0, 0.1) is 5.92 Å². The van der Waals surface area contributed by atoms with Gasteiger partial charge in [-0.15, -0.1) is 0 Å². The number of ether oxygens (including phenoxy) is 1. The first kappa shape index (κ1) is 18.0. The highest BCUT2D eigenvalue weighted by Crippen LogP contribution is 2.34. The van der Waals surface area contributed by atoms with E-state index in [4.69, 9.17) is 4.74 Å². The SMILES string of the molecule is CCCCCOc1ccc2cc(C3=CCC(CCC)CC3)ccc2c1. The van der Waals surface area contributed by atoms with Gasteiger partial charge in [0.25, 0.3) is 0 Å². The Morgan fingerprint density at radius 2 is 1.80 bits per heavy atom. The first-order valence-corrected chi connectivity index (χ1v) is 10.2. The molecule has 1 atom stereocenters. The van der Waals surface area contributed by atoms with Gasteiger partial charge in [-0.25, -0.2) is 0 Å². The highest BCUT2D eigenvalue weighted by molar-refractivity contribution is 5.87. The van der Waals surface area contributed by atoms with Crippen molar-refractivity contribution in [1.29, 1.82) is 0 Å². The smallest absolute Gasteiger partial charge is 0.119 e. The molecule has 0 saturated carbocycles. The summed E-state index contributed by atoms with van der Waals surface area (Å²) in [5, 5.41) is 2.59. The zero-order valence-corrected chi connectivity index (χ0v) is 15.9. The third-order valence-electron chi connectivity index (χ3n) is 5.42. The first-order chi connectivity index (χ1) is 12.3. The first-order valence-electron chi connectivity index (χ1n) is 10.2. The van der Waals surface area contributed by atoms with Crippen LogP contribution in [0.3, 0.4) is 0 Å². The Bertz CT molecular complexity index is 713. The molecule has 1 nitrogen and oxygen atoms in total. The van der Waals surface area contributed by atoms with E-state index in [1.54, 1.807) is 0 Å². The fourth-order valence-electron chi connectivity index (χ4n) is 3.88. The lowest BCUT2D eigenvalue weighted by Crippen LogP contribution is -2.05. The second kappa shape index (κ2) is 9.08. The van der Waals surface area contributed by atoms with E-state index < -0.39 is 0 Å². The van der Waals surface area contributed by atoms with Gasteiger partial charge < -0.3 is 4.74 Å². The third-order valence-corrected chi connectivity index (χ3v) is 5.42.